The topological polar surface area (TPSA) is 71.1 Å². The third-order valence-corrected chi connectivity index (χ3v) is 5.46. The number of hydrogen-bond acceptors (Lipinski definition) is 5. The lowest BCUT2D eigenvalue weighted by Crippen LogP contribution is -2.12. The van der Waals surface area contributed by atoms with Crippen molar-refractivity contribution in [2.75, 3.05) is 10.0 Å². The maximum atomic E-state index is 12.0. The van der Waals surface area contributed by atoms with Gasteiger partial charge in [-0.15, -0.1) is 11.3 Å². The summed E-state index contributed by atoms with van der Waals surface area (Å²) in [6.45, 7) is 0. The SMILES string of the molecule is O=S(=O)(Nc1ccc(NC2CC2)cn1)c1cccs1. The van der Waals surface area contributed by atoms with Crippen molar-refractivity contribution in [2.24, 2.45) is 0 Å². The fourth-order valence-electron chi connectivity index (χ4n) is 1.61. The largest absolute Gasteiger partial charge is 0.381 e. The third kappa shape index (κ3) is 3.05. The zero-order valence-corrected chi connectivity index (χ0v) is 11.7. The van der Waals surface area contributed by atoms with Crippen LogP contribution in [0, 0.1) is 0 Å². The molecule has 2 heterocycles. The molecule has 0 amide bonds. The van der Waals surface area contributed by atoms with Crippen LogP contribution in [0.1, 0.15) is 12.8 Å². The van der Waals surface area contributed by atoms with Crippen molar-refractivity contribution < 1.29 is 8.42 Å². The molecule has 1 fully saturated rings. The molecule has 0 aromatic carbocycles. The van der Waals surface area contributed by atoms with E-state index in [-0.39, 0.29) is 4.21 Å². The van der Waals surface area contributed by atoms with Crippen LogP contribution in [-0.2, 0) is 10.0 Å². The Kier molecular flexibility index (Phi) is 3.16. The number of nitrogens with one attached hydrogen (secondary N) is 2. The summed E-state index contributed by atoms with van der Waals surface area (Å²) in [5, 5.41) is 5.02. The molecular formula is C12H13N3O2S2. The maximum absolute atomic E-state index is 12.0. The molecule has 0 unspecified atom stereocenters. The van der Waals surface area contributed by atoms with Crippen molar-refractivity contribution in [1.82, 2.24) is 4.98 Å². The number of thiophene rings is 1. The Labute approximate surface area is 115 Å². The molecule has 100 valence electrons. The fraction of sp³-hybridized carbons (Fsp3) is 0.250. The molecule has 7 heteroatoms. The first-order valence-electron chi connectivity index (χ1n) is 5.92. The number of hydrogen-bond donors (Lipinski definition) is 2. The first-order chi connectivity index (χ1) is 9.13. The quantitative estimate of drug-likeness (QED) is 0.889. The molecular weight excluding hydrogens is 282 g/mol. The van der Waals surface area contributed by atoms with Gasteiger partial charge in [0.05, 0.1) is 11.9 Å². The molecule has 1 aliphatic carbocycles. The van der Waals surface area contributed by atoms with Crippen LogP contribution in [0.4, 0.5) is 11.5 Å². The molecule has 3 rings (SSSR count). The highest BCUT2D eigenvalue weighted by atomic mass is 32.2. The number of anilines is 2. The Balaban J connectivity index is 1.72. The smallest absolute Gasteiger partial charge is 0.272 e. The maximum Gasteiger partial charge on any atom is 0.272 e. The van der Waals surface area contributed by atoms with Crippen molar-refractivity contribution >= 4 is 32.9 Å². The molecule has 0 aliphatic heterocycles. The molecule has 0 atom stereocenters. The first-order valence-corrected chi connectivity index (χ1v) is 8.29. The van der Waals surface area contributed by atoms with Gasteiger partial charge in [-0.25, -0.2) is 13.4 Å². The molecule has 1 saturated carbocycles. The van der Waals surface area contributed by atoms with Gasteiger partial charge in [0.15, 0.2) is 0 Å². The fourth-order valence-corrected chi connectivity index (χ4v) is 3.61. The van der Waals surface area contributed by atoms with Crippen molar-refractivity contribution in [3.63, 3.8) is 0 Å². The minimum Gasteiger partial charge on any atom is -0.381 e. The molecule has 2 aromatic rings. The zero-order chi connectivity index (χ0) is 13.3. The van der Waals surface area contributed by atoms with Gasteiger partial charge in [0, 0.05) is 6.04 Å². The Bertz CT molecular complexity index is 647. The van der Waals surface area contributed by atoms with E-state index in [9.17, 15) is 8.42 Å². The van der Waals surface area contributed by atoms with Crippen LogP contribution in [0.2, 0.25) is 0 Å². The predicted octanol–water partition coefficient (Wildman–Crippen LogP) is 2.52. The van der Waals surface area contributed by atoms with E-state index in [4.69, 9.17) is 0 Å². The van der Waals surface area contributed by atoms with E-state index in [1.165, 1.54) is 24.2 Å². The second-order valence-corrected chi connectivity index (χ2v) is 7.25. The highest BCUT2D eigenvalue weighted by molar-refractivity contribution is 7.94. The van der Waals surface area contributed by atoms with E-state index in [2.05, 4.69) is 15.0 Å². The van der Waals surface area contributed by atoms with Gasteiger partial charge in [0.1, 0.15) is 10.0 Å². The second-order valence-electron chi connectivity index (χ2n) is 4.39. The van der Waals surface area contributed by atoms with Gasteiger partial charge in [-0.2, -0.15) is 0 Å². The summed E-state index contributed by atoms with van der Waals surface area (Å²) >= 11 is 1.18. The summed E-state index contributed by atoms with van der Waals surface area (Å²) in [4.78, 5) is 4.11. The minimum atomic E-state index is -3.51. The lowest BCUT2D eigenvalue weighted by atomic mass is 10.4. The van der Waals surface area contributed by atoms with E-state index in [1.54, 1.807) is 29.8 Å². The lowest BCUT2D eigenvalue weighted by molar-refractivity contribution is 0.603. The van der Waals surface area contributed by atoms with E-state index < -0.39 is 10.0 Å². The van der Waals surface area contributed by atoms with Crippen LogP contribution >= 0.6 is 11.3 Å². The van der Waals surface area contributed by atoms with E-state index in [1.807, 2.05) is 6.07 Å². The normalized spacial score (nSPS) is 15.2. The van der Waals surface area contributed by atoms with Crippen molar-refractivity contribution in [3.05, 3.63) is 35.8 Å². The van der Waals surface area contributed by atoms with Gasteiger partial charge in [-0.05, 0) is 36.4 Å². The Hall–Kier alpha value is -1.60. The van der Waals surface area contributed by atoms with E-state index >= 15 is 0 Å². The van der Waals surface area contributed by atoms with Crippen LogP contribution in [0.25, 0.3) is 0 Å². The monoisotopic (exact) mass is 295 g/mol. The molecule has 0 radical (unpaired) electrons. The van der Waals surface area contributed by atoms with Crippen molar-refractivity contribution in [1.29, 1.82) is 0 Å². The zero-order valence-electron chi connectivity index (χ0n) is 10.0. The summed E-state index contributed by atoms with van der Waals surface area (Å²) in [5.74, 6) is 0.328. The molecule has 0 spiro atoms. The third-order valence-electron chi connectivity index (χ3n) is 2.71. The summed E-state index contributed by atoms with van der Waals surface area (Å²) < 4.78 is 26.7. The average molecular weight is 295 g/mol. The highest BCUT2D eigenvalue weighted by Crippen LogP contribution is 2.25. The average Bonchev–Trinajstić information content (AvgIpc) is 3.01. The molecule has 0 saturated heterocycles. The number of nitrogens with zero attached hydrogens (tertiary/aromatic N) is 1. The van der Waals surface area contributed by atoms with Crippen molar-refractivity contribution in [2.45, 2.75) is 23.1 Å². The van der Waals surface area contributed by atoms with Gasteiger partial charge in [0.2, 0.25) is 0 Å². The molecule has 0 bridgehead atoms. The number of pyridine rings is 1. The van der Waals surface area contributed by atoms with E-state index in [0.29, 0.717) is 11.9 Å². The Morgan fingerprint density at radius 1 is 1.26 bits per heavy atom. The van der Waals surface area contributed by atoms with Gasteiger partial charge >= 0.3 is 0 Å². The molecule has 1 aliphatic rings. The number of rotatable bonds is 5. The molecule has 2 aromatic heterocycles. The summed E-state index contributed by atoms with van der Waals surface area (Å²) in [7, 11) is -3.51. The number of sulfonamides is 1. The molecule has 5 nitrogen and oxygen atoms in total. The van der Waals surface area contributed by atoms with Gasteiger partial charge in [-0.3, -0.25) is 4.72 Å². The summed E-state index contributed by atoms with van der Waals surface area (Å²) in [5.41, 5.74) is 0.918. The lowest BCUT2D eigenvalue weighted by Gasteiger charge is -2.07. The van der Waals surface area contributed by atoms with Crippen LogP contribution in [0.15, 0.2) is 40.1 Å². The minimum absolute atomic E-state index is 0.287. The van der Waals surface area contributed by atoms with Gasteiger partial charge in [0.25, 0.3) is 10.0 Å². The summed E-state index contributed by atoms with van der Waals surface area (Å²) in [6, 6.07) is 7.31. The molecule has 2 N–H and O–H groups in total. The van der Waals surface area contributed by atoms with E-state index in [0.717, 1.165) is 5.69 Å². The van der Waals surface area contributed by atoms with Crippen LogP contribution in [-0.4, -0.2) is 19.4 Å². The summed E-state index contributed by atoms with van der Waals surface area (Å²) in [6.07, 6.45) is 4.02. The van der Waals surface area contributed by atoms with Crippen LogP contribution < -0.4 is 10.0 Å². The van der Waals surface area contributed by atoms with Crippen molar-refractivity contribution in [3.8, 4) is 0 Å². The van der Waals surface area contributed by atoms with Gasteiger partial charge < -0.3 is 5.32 Å². The number of aromatic nitrogens is 1. The highest BCUT2D eigenvalue weighted by Gasteiger charge is 2.21. The standard InChI is InChI=1S/C12H13N3O2S2/c16-19(17,12-2-1-7-18-12)15-11-6-5-10(8-13-11)14-9-3-4-9/h1-2,5-9,14H,3-4H2,(H,13,15). The molecule has 19 heavy (non-hydrogen) atoms. The predicted molar refractivity (Wildman–Crippen MR) is 76.0 cm³/mol. The Morgan fingerprint density at radius 2 is 2.11 bits per heavy atom. The first kappa shape index (κ1) is 12.4. The van der Waals surface area contributed by atoms with Gasteiger partial charge in [-0.1, -0.05) is 6.07 Å². The second kappa shape index (κ2) is 4.82. The Morgan fingerprint density at radius 3 is 2.68 bits per heavy atom. The van der Waals surface area contributed by atoms with Crippen LogP contribution in [0.5, 0.6) is 0 Å². The van der Waals surface area contributed by atoms with Crippen LogP contribution in [0.3, 0.4) is 0 Å².